The summed E-state index contributed by atoms with van der Waals surface area (Å²) >= 11 is 9.39. The van der Waals surface area contributed by atoms with E-state index in [0.29, 0.717) is 28.5 Å². The van der Waals surface area contributed by atoms with Gasteiger partial charge in [-0.25, -0.2) is 0 Å². The van der Waals surface area contributed by atoms with Crippen LogP contribution in [0.3, 0.4) is 0 Å². The van der Waals surface area contributed by atoms with Gasteiger partial charge >= 0.3 is 0 Å². The number of carbonyl (C=O) groups is 1. The molecule has 3 rings (SSSR count). The number of nitrogens with one attached hydrogen (secondary N) is 2. The number of fused-ring (bicyclic) bond motifs is 1. The molecule has 1 aromatic rings. The Labute approximate surface area is 147 Å². The van der Waals surface area contributed by atoms with Gasteiger partial charge in [0.2, 0.25) is 0 Å². The molecule has 0 aromatic heterocycles. The molecule has 3 N–H and O–H groups in total. The summed E-state index contributed by atoms with van der Waals surface area (Å²) in [7, 11) is 1.67. The van der Waals surface area contributed by atoms with E-state index in [-0.39, 0.29) is 18.7 Å². The number of hydrogen-bond donors (Lipinski definition) is 3. The summed E-state index contributed by atoms with van der Waals surface area (Å²) in [5, 5.41) is 16.3. The molecule has 1 amide bonds. The minimum atomic E-state index is -0.188. The lowest BCUT2D eigenvalue weighted by molar-refractivity contribution is -0.115. The van der Waals surface area contributed by atoms with Crippen LogP contribution in [-0.4, -0.2) is 35.7 Å². The van der Waals surface area contributed by atoms with Crippen LogP contribution in [0.2, 0.25) is 5.02 Å². The molecule has 0 aliphatic carbocycles. The van der Waals surface area contributed by atoms with E-state index in [1.165, 1.54) is 4.90 Å². The predicted molar refractivity (Wildman–Crippen MR) is 92.6 cm³/mol. The number of anilines is 1. The standard InChI is InChI=1S/C15H16BrClN4O2/c1-20(12-3-2-10(17)4-9(12)8-22)15(23)11-7-21-13(16)5-19-14(21)6-18-11/h2-5,7,14,18-19,22H,6,8H2,1H3. The molecular weight excluding hydrogens is 384 g/mol. The Morgan fingerprint density at radius 2 is 2.35 bits per heavy atom. The number of hydrogen-bond acceptors (Lipinski definition) is 5. The predicted octanol–water partition coefficient (Wildman–Crippen LogP) is 1.66. The van der Waals surface area contributed by atoms with Crippen LogP contribution in [0.15, 0.2) is 40.9 Å². The molecule has 2 heterocycles. The molecule has 0 saturated heterocycles. The van der Waals surface area contributed by atoms with Gasteiger partial charge in [-0.1, -0.05) is 11.6 Å². The number of likely N-dealkylation sites (N-methyl/N-ethyl adjacent to an activating group) is 1. The second kappa shape index (κ2) is 6.43. The summed E-state index contributed by atoms with van der Waals surface area (Å²) in [6.45, 7) is 0.414. The van der Waals surface area contributed by atoms with E-state index < -0.39 is 0 Å². The smallest absolute Gasteiger partial charge is 0.275 e. The molecule has 2 aliphatic rings. The van der Waals surface area contributed by atoms with Gasteiger partial charge in [0.15, 0.2) is 0 Å². The van der Waals surface area contributed by atoms with Crippen LogP contribution in [-0.2, 0) is 11.4 Å². The van der Waals surface area contributed by atoms with Crippen molar-refractivity contribution in [1.29, 1.82) is 0 Å². The van der Waals surface area contributed by atoms with E-state index in [2.05, 4.69) is 26.6 Å². The zero-order valence-electron chi connectivity index (χ0n) is 12.4. The zero-order chi connectivity index (χ0) is 16.6. The molecule has 1 atom stereocenters. The Morgan fingerprint density at radius 1 is 1.57 bits per heavy atom. The largest absolute Gasteiger partial charge is 0.392 e. The minimum absolute atomic E-state index is 0.0924. The number of aliphatic hydroxyl groups is 1. The average molecular weight is 400 g/mol. The highest BCUT2D eigenvalue weighted by Crippen LogP contribution is 2.27. The Hall–Kier alpha value is -1.70. The Kier molecular flexibility index (Phi) is 4.52. The molecule has 122 valence electrons. The summed E-state index contributed by atoms with van der Waals surface area (Å²) in [6.07, 6.45) is 3.71. The van der Waals surface area contributed by atoms with Crippen molar-refractivity contribution in [2.75, 3.05) is 18.5 Å². The lowest BCUT2D eigenvalue weighted by Crippen LogP contribution is -2.49. The fraction of sp³-hybridized carbons (Fsp3) is 0.267. The molecule has 6 nitrogen and oxygen atoms in total. The molecule has 1 unspecified atom stereocenters. The molecule has 0 spiro atoms. The van der Waals surface area contributed by atoms with E-state index in [1.54, 1.807) is 31.4 Å². The third-order valence-corrected chi connectivity index (χ3v) is 4.71. The Bertz CT molecular complexity index is 707. The van der Waals surface area contributed by atoms with E-state index >= 15 is 0 Å². The number of aliphatic hydroxyl groups excluding tert-OH is 1. The van der Waals surface area contributed by atoms with E-state index in [4.69, 9.17) is 11.6 Å². The summed E-state index contributed by atoms with van der Waals surface area (Å²) in [4.78, 5) is 16.2. The van der Waals surface area contributed by atoms with Crippen molar-refractivity contribution in [2.24, 2.45) is 0 Å². The number of rotatable bonds is 3. The van der Waals surface area contributed by atoms with Crippen LogP contribution in [0.25, 0.3) is 0 Å². The number of carbonyl (C=O) groups excluding carboxylic acids is 1. The van der Waals surface area contributed by atoms with E-state index in [9.17, 15) is 9.90 Å². The van der Waals surface area contributed by atoms with E-state index in [0.717, 1.165) is 4.61 Å². The van der Waals surface area contributed by atoms with Crippen molar-refractivity contribution in [2.45, 2.75) is 12.8 Å². The van der Waals surface area contributed by atoms with Gasteiger partial charge < -0.3 is 25.5 Å². The Morgan fingerprint density at radius 3 is 3.09 bits per heavy atom. The van der Waals surface area contributed by atoms with Gasteiger partial charge in [0, 0.05) is 35.7 Å². The minimum Gasteiger partial charge on any atom is -0.392 e. The SMILES string of the molecule is CN(C(=O)C1=CN2C(Br)=CNC2CN1)c1ccc(Cl)cc1CO. The van der Waals surface area contributed by atoms with Gasteiger partial charge in [0.05, 0.1) is 13.2 Å². The molecule has 2 aliphatic heterocycles. The summed E-state index contributed by atoms with van der Waals surface area (Å²) in [5.41, 5.74) is 1.71. The fourth-order valence-corrected chi connectivity index (χ4v) is 3.27. The maximum atomic E-state index is 12.7. The van der Waals surface area contributed by atoms with Crippen molar-refractivity contribution in [3.63, 3.8) is 0 Å². The molecule has 0 saturated carbocycles. The summed E-state index contributed by atoms with van der Waals surface area (Å²) < 4.78 is 0.875. The third kappa shape index (κ3) is 3.04. The fourth-order valence-electron chi connectivity index (χ4n) is 2.60. The molecule has 0 fully saturated rings. The Balaban J connectivity index is 1.86. The molecular formula is C15H16BrClN4O2. The number of nitrogens with zero attached hydrogens (tertiary/aromatic N) is 2. The highest BCUT2D eigenvalue weighted by molar-refractivity contribution is 9.11. The van der Waals surface area contributed by atoms with Gasteiger partial charge in [-0.15, -0.1) is 0 Å². The zero-order valence-corrected chi connectivity index (χ0v) is 14.7. The molecule has 23 heavy (non-hydrogen) atoms. The summed E-state index contributed by atoms with van der Waals surface area (Å²) in [6, 6.07) is 5.08. The van der Waals surface area contributed by atoms with Crippen LogP contribution in [0.1, 0.15) is 5.56 Å². The second-order valence-corrected chi connectivity index (χ2v) is 6.52. The first-order valence-electron chi connectivity index (χ1n) is 7.04. The monoisotopic (exact) mass is 398 g/mol. The van der Waals surface area contributed by atoms with Crippen LogP contribution >= 0.6 is 27.5 Å². The molecule has 1 aromatic carbocycles. The molecule has 0 radical (unpaired) electrons. The third-order valence-electron chi connectivity index (χ3n) is 3.84. The first kappa shape index (κ1) is 16.2. The van der Waals surface area contributed by atoms with Crippen molar-refractivity contribution in [1.82, 2.24) is 15.5 Å². The van der Waals surface area contributed by atoms with Gasteiger partial charge in [0.25, 0.3) is 5.91 Å². The first-order chi connectivity index (χ1) is 11.0. The number of benzene rings is 1. The van der Waals surface area contributed by atoms with Crippen molar-refractivity contribution >= 4 is 39.1 Å². The van der Waals surface area contributed by atoms with Crippen LogP contribution in [0, 0.1) is 0 Å². The number of halogens is 2. The highest BCUT2D eigenvalue weighted by atomic mass is 79.9. The van der Waals surface area contributed by atoms with Crippen LogP contribution < -0.4 is 15.5 Å². The van der Waals surface area contributed by atoms with Crippen molar-refractivity contribution < 1.29 is 9.90 Å². The highest BCUT2D eigenvalue weighted by Gasteiger charge is 2.30. The van der Waals surface area contributed by atoms with Crippen LogP contribution in [0.5, 0.6) is 0 Å². The maximum Gasteiger partial charge on any atom is 0.275 e. The van der Waals surface area contributed by atoms with E-state index in [1.807, 2.05) is 11.1 Å². The maximum absolute atomic E-state index is 12.7. The van der Waals surface area contributed by atoms with Gasteiger partial charge in [-0.3, -0.25) is 4.79 Å². The molecule has 8 heteroatoms. The van der Waals surface area contributed by atoms with Crippen molar-refractivity contribution in [3.05, 3.63) is 51.5 Å². The second-order valence-electron chi connectivity index (χ2n) is 5.28. The average Bonchev–Trinajstić information content (AvgIpc) is 2.94. The van der Waals surface area contributed by atoms with Gasteiger partial charge in [-0.05, 0) is 34.1 Å². The quantitative estimate of drug-likeness (QED) is 0.675. The topological polar surface area (TPSA) is 67.8 Å². The summed E-state index contributed by atoms with van der Waals surface area (Å²) in [5.74, 6) is -0.187. The lowest BCUT2D eigenvalue weighted by Gasteiger charge is -2.32. The first-order valence-corrected chi connectivity index (χ1v) is 8.21. The van der Waals surface area contributed by atoms with Crippen LogP contribution in [0.4, 0.5) is 5.69 Å². The lowest BCUT2D eigenvalue weighted by atomic mass is 10.1. The normalized spacial score (nSPS) is 19.3. The molecule has 0 bridgehead atoms. The number of amides is 1. The van der Waals surface area contributed by atoms with Gasteiger partial charge in [-0.2, -0.15) is 0 Å². The van der Waals surface area contributed by atoms with Gasteiger partial charge in [0.1, 0.15) is 16.5 Å². The van der Waals surface area contributed by atoms with Crippen molar-refractivity contribution in [3.8, 4) is 0 Å².